The number of urea groups is 1. The maximum atomic E-state index is 14.0. The zero-order valence-corrected chi connectivity index (χ0v) is 15.1. The van der Waals surface area contributed by atoms with Crippen molar-refractivity contribution in [3.8, 4) is 0 Å². The summed E-state index contributed by atoms with van der Waals surface area (Å²) in [6, 6.07) is 16.2. The lowest BCUT2D eigenvalue weighted by atomic mass is 10.1. The van der Waals surface area contributed by atoms with Gasteiger partial charge in [0.05, 0.1) is 17.9 Å². The van der Waals surface area contributed by atoms with Gasteiger partial charge in [0, 0.05) is 18.3 Å². The monoisotopic (exact) mass is 379 g/mol. The first-order chi connectivity index (χ1) is 13.6. The maximum Gasteiger partial charge on any atom is 0.322 e. The van der Waals surface area contributed by atoms with E-state index >= 15 is 0 Å². The second-order valence-corrected chi connectivity index (χ2v) is 6.83. The molecule has 4 rings (SSSR count). The van der Waals surface area contributed by atoms with Crippen molar-refractivity contribution in [1.82, 2.24) is 9.88 Å². The Morgan fingerprint density at radius 1 is 1.04 bits per heavy atom. The molecular weight excluding hydrogens is 360 g/mol. The normalized spacial score (nSPS) is 13.2. The summed E-state index contributed by atoms with van der Waals surface area (Å²) in [5.41, 5.74) is 3.11. The number of benzene rings is 2. The van der Waals surface area contributed by atoms with Gasteiger partial charge in [-0.15, -0.1) is 0 Å². The van der Waals surface area contributed by atoms with E-state index in [4.69, 9.17) is 0 Å². The van der Waals surface area contributed by atoms with Crippen molar-refractivity contribution in [2.24, 2.45) is 0 Å². The number of nitrogens with zero attached hydrogens (tertiary/aromatic N) is 2. The number of amides is 2. The average Bonchev–Trinajstić information content (AvgIpc) is 3.13. The highest BCUT2D eigenvalue weighted by atomic mass is 19.1. The average molecular weight is 379 g/mol. The van der Waals surface area contributed by atoms with E-state index in [1.807, 2.05) is 30.3 Å². The first-order valence-corrected chi connectivity index (χ1v) is 9.09. The SMILES string of the molecule is O=C(Nc1ccc(F)cc1F)N(Cc1ccccn1)C1Cc2ccccc2C1. The molecule has 0 spiro atoms. The predicted molar refractivity (Wildman–Crippen MR) is 103 cm³/mol. The largest absolute Gasteiger partial charge is 0.322 e. The summed E-state index contributed by atoms with van der Waals surface area (Å²) in [5, 5.41) is 2.58. The van der Waals surface area contributed by atoms with Gasteiger partial charge in [0.1, 0.15) is 11.6 Å². The Kier molecular flexibility index (Phi) is 5.02. The van der Waals surface area contributed by atoms with Crippen LogP contribution in [-0.2, 0) is 19.4 Å². The number of anilines is 1. The standard InChI is InChI=1S/C22H19F2N3O/c23-17-8-9-21(20(24)13-17)26-22(28)27(14-18-7-3-4-10-25-18)19-11-15-5-1-2-6-16(15)12-19/h1-10,13,19H,11-12,14H2,(H,26,28). The number of pyridine rings is 1. The van der Waals surface area contributed by atoms with Gasteiger partial charge in [0.15, 0.2) is 0 Å². The highest BCUT2D eigenvalue weighted by Crippen LogP contribution is 2.27. The Labute approximate surface area is 161 Å². The molecule has 0 saturated carbocycles. The molecule has 1 N–H and O–H groups in total. The highest BCUT2D eigenvalue weighted by Gasteiger charge is 2.30. The smallest absolute Gasteiger partial charge is 0.315 e. The molecule has 28 heavy (non-hydrogen) atoms. The van der Waals surface area contributed by atoms with Crippen LogP contribution >= 0.6 is 0 Å². The highest BCUT2D eigenvalue weighted by molar-refractivity contribution is 5.89. The number of halogens is 2. The van der Waals surface area contributed by atoms with Gasteiger partial charge in [-0.05, 0) is 48.2 Å². The molecule has 6 heteroatoms. The van der Waals surface area contributed by atoms with Crippen LogP contribution in [0.4, 0.5) is 19.3 Å². The second-order valence-electron chi connectivity index (χ2n) is 6.83. The number of carbonyl (C=O) groups is 1. The molecule has 0 atom stereocenters. The number of nitrogens with one attached hydrogen (secondary N) is 1. The van der Waals surface area contributed by atoms with E-state index in [-0.39, 0.29) is 11.7 Å². The molecule has 4 nitrogen and oxygen atoms in total. The summed E-state index contributed by atoms with van der Waals surface area (Å²) in [4.78, 5) is 19.0. The second kappa shape index (κ2) is 7.76. The van der Waals surface area contributed by atoms with Crippen molar-refractivity contribution in [2.75, 3.05) is 5.32 Å². The lowest BCUT2D eigenvalue weighted by molar-refractivity contribution is 0.185. The van der Waals surface area contributed by atoms with Gasteiger partial charge in [-0.3, -0.25) is 4.98 Å². The first kappa shape index (κ1) is 18.1. The number of hydrogen-bond donors (Lipinski definition) is 1. The Morgan fingerprint density at radius 2 is 1.75 bits per heavy atom. The molecule has 0 fully saturated rings. The van der Waals surface area contributed by atoms with Crippen LogP contribution < -0.4 is 5.32 Å². The molecule has 142 valence electrons. The van der Waals surface area contributed by atoms with Crippen LogP contribution in [0, 0.1) is 11.6 Å². The minimum atomic E-state index is -0.805. The third-order valence-corrected chi connectivity index (χ3v) is 4.96. The molecule has 1 heterocycles. The van der Waals surface area contributed by atoms with Crippen LogP contribution in [0.3, 0.4) is 0 Å². The lowest BCUT2D eigenvalue weighted by Crippen LogP contribution is -2.43. The van der Waals surface area contributed by atoms with Crippen LogP contribution in [0.2, 0.25) is 0 Å². The number of hydrogen-bond acceptors (Lipinski definition) is 2. The molecular formula is C22H19F2N3O. The summed E-state index contributed by atoms with van der Waals surface area (Å²) in [6.07, 6.45) is 3.12. The van der Waals surface area contributed by atoms with Crippen LogP contribution in [-0.4, -0.2) is 22.0 Å². The quantitative estimate of drug-likeness (QED) is 0.722. The maximum absolute atomic E-state index is 14.0. The first-order valence-electron chi connectivity index (χ1n) is 9.09. The van der Waals surface area contributed by atoms with E-state index < -0.39 is 17.7 Å². The van der Waals surface area contributed by atoms with Crippen molar-refractivity contribution < 1.29 is 13.6 Å². The van der Waals surface area contributed by atoms with Crippen molar-refractivity contribution in [3.05, 3.63) is 95.3 Å². The molecule has 1 aromatic heterocycles. The van der Waals surface area contributed by atoms with Gasteiger partial charge in [-0.2, -0.15) is 0 Å². The fraction of sp³-hybridized carbons (Fsp3) is 0.182. The Hall–Kier alpha value is -3.28. The van der Waals surface area contributed by atoms with E-state index in [0.717, 1.165) is 30.7 Å². The summed E-state index contributed by atoms with van der Waals surface area (Å²) in [7, 11) is 0. The minimum absolute atomic E-state index is 0.0482. The number of rotatable bonds is 4. The van der Waals surface area contributed by atoms with E-state index in [1.165, 1.54) is 17.2 Å². The van der Waals surface area contributed by atoms with E-state index in [0.29, 0.717) is 6.54 Å². The Balaban J connectivity index is 1.58. The van der Waals surface area contributed by atoms with Gasteiger partial charge in [0.2, 0.25) is 0 Å². The molecule has 1 aliphatic rings. The van der Waals surface area contributed by atoms with E-state index in [1.54, 1.807) is 11.1 Å². The summed E-state index contributed by atoms with van der Waals surface area (Å²) < 4.78 is 27.2. The van der Waals surface area contributed by atoms with Crippen molar-refractivity contribution >= 4 is 11.7 Å². The van der Waals surface area contributed by atoms with E-state index in [2.05, 4.69) is 22.4 Å². The van der Waals surface area contributed by atoms with Gasteiger partial charge in [0.25, 0.3) is 0 Å². The molecule has 0 radical (unpaired) electrons. The number of carbonyl (C=O) groups excluding carboxylic acids is 1. The van der Waals surface area contributed by atoms with Crippen molar-refractivity contribution in [3.63, 3.8) is 0 Å². The van der Waals surface area contributed by atoms with Crippen molar-refractivity contribution in [2.45, 2.75) is 25.4 Å². The molecule has 0 bridgehead atoms. The molecule has 1 aliphatic carbocycles. The number of fused-ring (bicyclic) bond motifs is 1. The van der Waals surface area contributed by atoms with Crippen LogP contribution in [0.25, 0.3) is 0 Å². The van der Waals surface area contributed by atoms with Gasteiger partial charge < -0.3 is 10.2 Å². The molecule has 2 amide bonds. The van der Waals surface area contributed by atoms with Crippen LogP contribution in [0.15, 0.2) is 66.9 Å². The predicted octanol–water partition coefficient (Wildman–Crippen LogP) is 4.56. The van der Waals surface area contributed by atoms with E-state index in [9.17, 15) is 13.6 Å². The van der Waals surface area contributed by atoms with Crippen molar-refractivity contribution in [1.29, 1.82) is 0 Å². The van der Waals surface area contributed by atoms with Crippen LogP contribution in [0.5, 0.6) is 0 Å². The fourth-order valence-corrected chi connectivity index (χ4v) is 3.57. The van der Waals surface area contributed by atoms with Gasteiger partial charge in [-0.25, -0.2) is 13.6 Å². The topological polar surface area (TPSA) is 45.2 Å². The molecule has 0 unspecified atom stereocenters. The molecule has 2 aromatic carbocycles. The third-order valence-electron chi connectivity index (χ3n) is 4.96. The van der Waals surface area contributed by atoms with Crippen LogP contribution in [0.1, 0.15) is 16.8 Å². The minimum Gasteiger partial charge on any atom is -0.315 e. The zero-order chi connectivity index (χ0) is 19.5. The lowest BCUT2D eigenvalue weighted by Gasteiger charge is -2.29. The third kappa shape index (κ3) is 3.86. The summed E-state index contributed by atoms with van der Waals surface area (Å²) in [6.45, 7) is 0.300. The van der Waals surface area contributed by atoms with Gasteiger partial charge >= 0.3 is 6.03 Å². The summed E-state index contributed by atoms with van der Waals surface area (Å²) >= 11 is 0. The summed E-state index contributed by atoms with van der Waals surface area (Å²) in [5.74, 6) is -1.49. The Bertz CT molecular complexity index is 969. The fourth-order valence-electron chi connectivity index (χ4n) is 3.57. The van der Waals surface area contributed by atoms with Gasteiger partial charge in [-0.1, -0.05) is 30.3 Å². The Morgan fingerprint density at radius 3 is 2.39 bits per heavy atom. The zero-order valence-electron chi connectivity index (χ0n) is 15.1. The number of aromatic nitrogens is 1. The molecule has 0 saturated heterocycles. The molecule has 3 aromatic rings. The molecule has 0 aliphatic heterocycles.